The third-order valence-corrected chi connectivity index (χ3v) is 4.12. The fourth-order valence-corrected chi connectivity index (χ4v) is 3.34. The Kier molecular flexibility index (Phi) is 3.22. The number of anilines is 1. The molecule has 0 bridgehead atoms. The van der Waals surface area contributed by atoms with Crippen molar-refractivity contribution < 1.29 is 4.79 Å². The smallest absolute Gasteiger partial charge is 0.222 e. The standard InChI is InChI=1S/C13H17BrN4O/c1-9-4-10(14)5-11(17-9)18-7-13(8-18)6-12(19)15-2-3-16-13/h4-5,16H,2-3,6-8H2,1H3,(H,15,19). The number of carbonyl (C=O) groups excluding carboxylic acids is 1. The van der Waals surface area contributed by atoms with Crippen LogP contribution in [0.25, 0.3) is 0 Å². The van der Waals surface area contributed by atoms with Crippen molar-refractivity contribution in [1.82, 2.24) is 15.6 Å². The molecule has 0 atom stereocenters. The monoisotopic (exact) mass is 324 g/mol. The number of hydrogen-bond acceptors (Lipinski definition) is 4. The van der Waals surface area contributed by atoms with Crippen molar-refractivity contribution in [1.29, 1.82) is 0 Å². The minimum atomic E-state index is -0.0709. The van der Waals surface area contributed by atoms with Gasteiger partial charge >= 0.3 is 0 Å². The molecule has 2 N–H and O–H groups in total. The van der Waals surface area contributed by atoms with E-state index in [4.69, 9.17) is 0 Å². The molecular formula is C13H17BrN4O. The number of nitrogens with one attached hydrogen (secondary N) is 2. The summed E-state index contributed by atoms with van der Waals surface area (Å²) in [5, 5.41) is 6.39. The van der Waals surface area contributed by atoms with Gasteiger partial charge in [-0.25, -0.2) is 4.98 Å². The second-order valence-corrected chi connectivity index (χ2v) is 6.29. The van der Waals surface area contributed by atoms with Gasteiger partial charge in [0, 0.05) is 42.8 Å². The molecule has 1 aromatic rings. The first-order valence-corrected chi connectivity index (χ1v) is 7.27. The van der Waals surface area contributed by atoms with E-state index in [0.717, 1.165) is 42.2 Å². The van der Waals surface area contributed by atoms with Gasteiger partial charge in [0.25, 0.3) is 0 Å². The first-order valence-electron chi connectivity index (χ1n) is 6.47. The summed E-state index contributed by atoms with van der Waals surface area (Å²) in [5.41, 5.74) is 0.926. The van der Waals surface area contributed by atoms with Crippen LogP contribution in [0.15, 0.2) is 16.6 Å². The number of carbonyl (C=O) groups is 1. The predicted octanol–water partition coefficient (Wildman–Crippen LogP) is 0.821. The van der Waals surface area contributed by atoms with Gasteiger partial charge < -0.3 is 15.5 Å². The van der Waals surface area contributed by atoms with Crippen LogP contribution in [-0.4, -0.2) is 42.6 Å². The SMILES string of the molecule is Cc1cc(Br)cc(N2CC3(CC(=O)NCCN3)C2)n1. The van der Waals surface area contributed by atoms with Gasteiger partial charge in [-0.1, -0.05) is 15.9 Å². The molecule has 0 saturated carbocycles. The Morgan fingerprint density at radius 2 is 2.16 bits per heavy atom. The maximum Gasteiger partial charge on any atom is 0.222 e. The lowest BCUT2D eigenvalue weighted by molar-refractivity contribution is -0.122. The van der Waals surface area contributed by atoms with Crippen molar-refractivity contribution in [2.24, 2.45) is 0 Å². The molecule has 5 nitrogen and oxygen atoms in total. The highest BCUT2D eigenvalue weighted by atomic mass is 79.9. The maximum atomic E-state index is 11.7. The van der Waals surface area contributed by atoms with E-state index < -0.39 is 0 Å². The fourth-order valence-electron chi connectivity index (χ4n) is 2.80. The van der Waals surface area contributed by atoms with Crippen molar-refractivity contribution in [2.45, 2.75) is 18.9 Å². The van der Waals surface area contributed by atoms with E-state index in [0.29, 0.717) is 6.42 Å². The van der Waals surface area contributed by atoms with Crippen molar-refractivity contribution in [3.8, 4) is 0 Å². The predicted molar refractivity (Wildman–Crippen MR) is 77.2 cm³/mol. The summed E-state index contributed by atoms with van der Waals surface area (Å²) in [6.45, 7) is 5.22. The molecule has 19 heavy (non-hydrogen) atoms. The normalized spacial score (nSPS) is 21.8. The van der Waals surface area contributed by atoms with Crippen molar-refractivity contribution in [2.75, 3.05) is 31.1 Å². The molecule has 0 unspecified atom stereocenters. The molecule has 2 aliphatic heterocycles. The molecule has 3 rings (SSSR count). The van der Waals surface area contributed by atoms with E-state index in [2.05, 4.69) is 36.4 Å². The topological polar surface area (TPSA) is 57.3 Å². The van der Waals surface area contributed by atoms with Crippen molar-refractivity contribution in [3.05, 3.63) is 22.3 Å². The molecule has 2 saturated heterocycles. The molecule has 102 valence electrons. The van der Waals surface area contributed by atoms with Gasteiger partial charge in [-0.05, 0) is 19.1 Å². The Balaban J connectivity index is 1.73. The summed E-state index contributed by atoms with van der Waals surface area (Å²) in [6.07, 6.45) is 0.552. The third kappa shape index (κ3) is 2.60. The van der Waals surface area contributed by atoms with Gasteiger partial charge in [0.05, 0.1) is 5.54 Å². The molecule has 3 heterocycles. The largest absolute Gasteiger partial charge is 0.355 e. The lowest BCUT2D eigenvalue weighted by Gasteiger charge is -2.50. The number of aryl methyl sites for hydroxylation is 1. The van der Waals surface area contributed by atoms with Crippen molar-refractivity contribution in [3.63, 3.8) is 0 Å². The average Bonchev–Trinajstić information content (AvgIpc) is 2.47. The van der Waals surface area contributed by atoms with Gasteiger partial charge in [0.1, 0.15) is 5.82 Å². The molecule has 0 aromatic carbocycles. The highest BCUT2D eigenvalue weighted by Gasteiger charge is 2.45. The number of rotatable bonds is 1. The minimum Gasteiger partial charge on any atom is -0.355 e. The molecule has 1 aromatic heterocycles. The molecule has 6 heteroatoms. The summed E-state index contributed by atoms with van der Waals surface area (Å²) >= 11 is 3.50. The van der Waals surface area contributed by atoms with Crippen LogP contribution in [0.3, 0.4) is 0 Å². The third-order valence-electron chi connectivity index (χ3n) is 3.66. The number of pyridine rings is 1. The zero-order valence-electron chi connectivity index (χ0n) is 10.9. The second-order valence-electron chi connectivity index (χ2n) is 5.37. The van der Waals surface area contributed by atoms with Gasteiger partial charge in [-0.15, -0.1) is 0 Å². The van der Waals surface area contributed by atoms with Crippen LogP contribution >= 0.6 is 15.9 Å². The average molecular weight is 325 g/mol. The zero-order chi connectivity index (χ0) is 13.5. The van der Waals surface area contributed by atoms with Crippen LogP contribution in [0.5, 0.6) is 0 Å². The summed E-state index contributed by atoms with van der Waals surface area (Å²) in [4.78, 5) is 18.4. The van der Waals surface area contributed by atoms with Crippen LogP contribution in [-0.2, 0) is 4.79 Å². The molecule has 0 radical (unpaired) electrons. The van der Waals surface area contributed by atoms with E-state index in [1.165, 1.54) is 0 Å². The van der Waals surface area contributed by atoms with E-state index >= 15 is 0 Å². The summed E-state index contributed by atoms with van der Waals surface area (Å²) < 4.78 is 1.04. The fraction of sp³-hybridized carbons (Fsp3) is 0.538. The molecule has 1 amide bonds. The Morgan fingerprint density at radius 1 is 1.37 bits per heavy atom. The van der Waals surface area contributed by atoms with E-state index in [1.54, 1.807) is 0 Å². The Morgan fingerprint density at radius 3 is 2.89 bits per heavy atom. The number of nitrogens with zero attached hydrogens (tertiary/aromatic N) is 2. The molecule has 1 spiro atoms. The molecule has 2 aliphatic rings. The number of hydrogen-bond donors (Lipinski definition) is 2. The number of aromatic nitrogens is 1. The Bertz CT molecular complexity index is 493. The number of halogens is 1. The van der Waals surface area contributed by atoms with Crippen LogP contribution in [0.2, 0.25) is 0 Å². The van der Waals surface area contributed by atoms with E-state index in [9.17, 15) is 4.79 Å². The zero-order valence-corrected chi connectivity index (χ0v) is 12.5. The minimum absolute atomic E-state index is 0.0709. The molecule has 0 aliphatic carbocycles. The van der Waals surface area contributed by atoms with Crippen LogP contribution in [0.1, 0.15) is 12.1 Å². The first-order chi connectivity index (χ1) is 9.06. The summed E-state index contributed by atoms with van der Waals surface area (Å²) in [7, 11) is 0. The van der Waals surface area contributed by atoms with E-state index in [1.807, 2.05) is 19.1 Å². The first kappa shape index (κ1) is 12.9. The van der Waals surface area contributed by atoms with E-state index in [-0.39, 0.29) is 11.4 Å². The second kappa shape index (κ2) is 4.76. The van der Waals surface area contributed by atoms with Crippen LogP contribution in [0, 0.1) is 6.92 Å². The Hall–Kier alpha value is -1.14. The molecule has 2 fully saturated rings. The lowest BCUT2D eigenvalue weighted by Crippen LogP contribution is -2.70. The maximum absolute atomic E-state index is 11.7. The van der Waals surface area contributed by atoms with Crippen LogP contribution < -0.4 is 15.5 Å². The lowest BCUT2D eigenvalue weighted by atomic mass is 9.86. The highest BCUT2D eigenvalue weighted by molar-refractivity contribution is 9.10. The van der Waals surface area contributed by atoms with Gasteiger partial charge in [0.15, 0.2) is 0 Å². The van der Waals surface area contributed by atoms with Crippen molar-refractivity contribution >= 4 is 27.7 Å². The summed E-state index contributed by atoms with van der Waals surface area (Å²) in [6, 6.07) is 4.02. The highest BCUT2D eigenvalue weighted by Crippen LogP contribution is 2.31. The summed E-state index contributed by atoms with van der Waals surface area (Å²) in [5.74, 6) is 1.12. The van der Waals surface area contributed by atoms with Gasteiger partial charge in [-0.2, -0.15) is 0 Å². The molecular weight excluding hydrogens is 308 g/mol. The number of amides is 1. The van der Waals surface area contributed by atoms with Gasteiger partial charge in [-0.3, -0.25) is 4.79 Å². The Labute approximate surface area is 120 Å². The quantitative estimate of drug-likeness (QED) is 0.803. The van der Waals surface area contributed by atoms with Crippen LogP contribution in [0.4, 0.5) is 5.82 Å². The van der Waals surface area contributed by atoms with Gasteiger partial charge in [0.2, 0.25) is 5.91 Å².